The largest absolute Gasteiger partial charge is 0.481 e. The second kappa shape index (κ2) is 5.05. The molecule has 1 aromatic carbocycles. The fourth-order valence-corrected chi connectivity index (χ4v) is 1.94. The van der Waals surface area contributed by atoms with E-state index in [-0.39, 0.29) is 0 Å². The zero-order valence-corrected chi connectivity index (χ0v) is 11.0. The van der Waals surface area contributed by atoms with Crippen LogP contribution in [0.5, 0.6) is 5.88 Å². The molecule has 0 saturated heterocycles. The van der Waals surface area contributed by atoms with Crippen LogP contribution in [-0.2, 0) is 0 Å². The van der Waals surface area contributed by atoms with Crippen molar-refractivity contribution in [3.05, 3.63) is 55.0 Å². The Bertz CT molecular complexity index is 719. The van der Waals surface area contributed by atoms with Gasteiger partial charge in [-0.25, -0.2) is 9.67 Å². The van der Waals surface area contributed by atoms with Crippen molar-refractivity contribution in [3.8, 4) is 22.7 Å². The molecule has 2 aromatic heterocycles. The number of anilines is 1. The normalized spacial score (nSPS) is 10.4. The lowest BCUT2D eigenvalue weighted by Gasteiger charge is -2.03. The van der Waals surface area contributed by atoms with Crippen LogP contribution in [0, 0.1) is 0 Å². The lowest BCUT2D eigenvalue weighted by molar-refractivity contribution is 0.397. The summed E-state index contributed by atoms with van der Waals surface area (Å²) in [4.78, 5) is 4.08. The summed E-state index contributed by atoms with van der Waals surface area (Å²) in [5, 5.41) is 4.36. The van der Waals surface area contributed by atoms with Gasteiger partial charge in [0.2, 0.25) is 5.88 Å². The van der Waals surface area contributed by atoms with Crippen molar-refractivity contribution in [2.45, 2.75) is 0 Å². The number of aromatic nitrogens is 3. The minimum absolute atomic E-state index is 0.562. The first-order chi connectivity index (χ1) is 9.76. The summed E-state index contributed by atoms with van der Waals surface area (Å²) in [7, 11) is 1.59. The quantitative estimate of drug-likeness (QED) is 0.740. The molecule has 0 bridgehead atoms. The summed E-state index contributed by atoms with van der Waals surface area (Å²) in [5.41, 5.74) is 9.45. The maximum atomic E-state index is 5.69. The van der Waals surface area contributed by atoms with Gasteiger partial charge in [0.1, 0.15) is 0 Å². The van der Waals surface area contributed by atoms with Gasteiger partial charge in [-0.15, -0.1) is 0 Å². The summed E-state index contributed by atoms with van der Waals surface area (Å²) in [6.45, 7) is 0. The fraction of sp³-hybridized carbons (Fsp3) is 0.0667. The zero-order valence-electron chi connectivity index (χ0n) is 11.0. The molecule has 5 heteroatoms. The molecule has 0 atom stereocenters. The van der Waals surface area contributed by atoms with Gasteiger partial charge in [-0.05, 0) is 23.8 Å². The summed E-state index contributed by atoms with van der Waals surface area (Å²) < 4.78 is 6.90. The van der Waals surface area contributed by atoms with E-state index in [0.29, 0.717) is 5.88 Å². The molecule has 0 fully saturated rings. The van der Waals surface area contributed by atoms with Crippen LogP contribution < -0.4 is 10.5 Å². The molecule has 0 aliphatic carbocycles. The van der Waals surface area contributed by atoms with E-state index in [1.54, 1.807) is 18.0 Å². The first kappa shape index (κ1) is 12.2. The SMILES string of the molecule is COc1cc(-n2cc(-c3ccc(N)cc3)cn2)ccn1. The van der Waals surface area contributed by atoms with E-state index in [0.717, 1.165) is 22.5 Å². The number of pyridine rings is 1. The average Bonchev–Trinajstić information content (AvgIpc) is 2.98. The van der Waals surface area contributed by atoms with Crippen LogP contribution in [0.2, 0.25) is 0 Å². The highest BCUT2D eigenvalue weighted by Gasteiger charge is 2.04. The number of nitrogen functional groups attached to an aromatic ring is 1. The molecule has 3 rings (SSSR count). The van der Waals surface area contributed by atoms with E-state index in [1.165, 1.54) is 0 Å². The van der Waals surface area contributed by atoms with Crippen molar-refractivity contribution in [2.75, 3.05) is 12.8 Å². The molecule has 0 amide bonds. The van der Waals surface area contributed by atoms with E-state index in [2.05, 4.69) is 10.1 Å². The van der Waals surface area contributed by atoms with Gasteiger partial charge in [0.15, 0.2) is 0 Å². The summed E-state index contributed by atoms with van der Waals surface area (Å²) >= 11 is 0. The summed E-state index contributed by atoms with van der Waals surface area (Å²) in [6.07, 6.45) is 5.47. The molecule has 0 radical (unpaired) electrons. The minimum atomic E-state index is 0.562. The second-order valence-corrected chi connectivity index (χ2v) is 4.35. The van der Waals surface area contributed by atoms with E-state index in [4.69, 9.17) is 10.5 Å². The molecule has 20 heavy (non-hydrogen) atoms. The molecule has 100 valence electrons. The maximum absolute atomic E-state index is 5.69. The van der Waals surface area contributed by atoms with Crippen LogP contribution >= 0.6 is 0 Å². The van der Waals surface area contributed by atoms with Crippen molar-refractivity contribution in [2.24, 2.45) is 0 Å². The van der Waals surface area contributed by atoms with Gasteiger partial charge in [-0.3, -0.25) is 0 Å². The third-order valence-electron chi connectivity index (χ3n) is 3.02. The van der Waals surface area contributed by atoms with E-state index in [1.807, 2.05) is 48.8 Å². The molecule has 0 aliphatic heterocycles. The number of rotatable bonds is 3. The van der Waals surface area contributed by atoms with Crippen LogP contribution in [0.4, 0.5) is 5.69 Å². The first-order valence-corrected chi connectivity index (χ1v) is 6.17. The maximum Gasteiger partial charge on any atom is 0.215 e. The number of benzene rings is 1. The van der Waals surface area contributed by atoms with Crippen LogP contribution in [0.15, 0.2) is 55.0 Å². The van der Waals surface area contributed by atoms with Crippen LogP contribution in [0.25, 0.3) is 16.8 Å². The molecule has 5 nitrogen and oxygen atoms in total. The van der Waals surface area contributed by atoms with Crippen LogP contribution in [0.3, 0.4) is 0 Å². The Balaban J connectivity index is 1.95. The van der Waals surface area contributed by atoms with E-state index >= 15 is 0 Å². The lowest BCUT2D eigenvalue weighted by Crippen LogP contribution is -1.96. The summed E-state index contributed by atoms with van der Waals surface area (Å²) in [6, 6.07) is 11.4. The van der Waals surface area contributed by atoms with Gasteiger partial charge < -0.3 is 10.5 Å². The predicted molar refractivity (Wildman–Crippen MR) is 77.8 cm³/mol. The Kier molecular flexibility index (Phi) is 3.09. The molecular weight excluding hydrogens is 252 g/mol. The second-order valence-electron chi connectivity index (χ2n) is 4.35. The van der Waals surface area contributed by atoms with Gasteiger partial charge >= 0.3 is 0 Å². The molecule has 0 unspecified atom stereocenters. The molecule has 0 spiro atoms. The average molecular weight is 266 g/mol. The number of ether oxygens (including phenoxy) is 1. The number of nitrogens with zero attached hydrogens (tertiary/aromatic N) is 3. The van der Waals surface area contributed by atoms with Crippen molar-refractivity contribution < 1.29 is 4.74 Å². The Hall–Kier alpha value is -2.82. The van der Waals surface area contributed by atoms with Crippen LogP contribution in [0.1, 0.15) is 0 Å². The summed E-state index contributed by atoms with van der Waals surface area (Å²) in [5.74, 6) is 0.562. The third-order valence-corrected chi connectivity index (χ3v) is 3.02. The van der Waals surface area contributed by atoms with Gasteiger partial charge in [-0.2, -0.15) is 5.10 Å². The first-order valence-electron chi connectivity index (χ1n) is 6.17. The van der Waals surface area contributed by atoms with Crippen molar-refractivity contribution in [3.63, 3.8) is 0 Å². The Morgan fingerprint density at radius 3 is 2.65 bits per heavy atom. The van der Waals surface area contributed by atoms with E-state index in [9.17, 15) is 0 Å². The highest BCUT2D eigenvalue weighted by Crippen LogP contribution is 2.21. The van der Waals surface area contributed by atoms with Crippen molar-refractivity contribution in [1.82, 2.24) is 14.8 Å². The van der Waals surface area contributed by atoms with Gasteiger partial charge in [0.25, 0.3) is 0 Å². The fourth-order valence-electron chi connectivity index (χ4n) is 1.94. The Morgan fingerprint density at radius 1 is 1.10 bits per heavy atom. The van der Waals surface area contributed by atoms with Crippen molar-refractivity contribution >= 4 is 5.69 Å². The monoisotopic (exact) mass is 266 g/mol. The number of hydrogen-bond acceptors (Lipinski definition) is 4. The van der Waals surface area contributed by atoms with Gasteiger partial charge in [0, 0.05) is 29.7 Å². The highest BCUT2D eigenvalue weighted by atomic mass is 16.5. The number of nitrogens with two attached hydrogens (primary N) is 1. The predicted octanol–water partition coefficient (Wildman–Crippen LogP) is 2.53. The Labute approximate surface area is 116 Å². The molecule has 0 saturated carbocycles. The molecular formula is C15H14N4O. The number of hydrogen-bond donors (Lipinski definition) is 1. The van der Waals surface area contributed by atoms with E-state index < -0.39 is 0 Å². The Morgan fingerprint density at radius 2 is 1.90 bits per heavy atom. The van der Waals surface area contributed by atoms with Gasteiger partial charge in [-0.1, -0.05) is 12.1 Å². The molecule has 2 N–H and O–H groups in total. The minimum Gasteiger partial charge on any atom is -0.481 e. The smallest absolute Gasteiger partial charge is 0.215 e. The lowest BCUT2D eigenvalue weighted by atomic mass is 10.1. The van der Waals surface area contributed by atoms with Gasteiger partial charge in [0.05, 0.1) is 19.0 Å². The van der Waals surface area contributed by atoms with Crippen molar-refractivity contribution in [1.29, 1.82) is 0 Å². The third kappa shape index (κ3) is 2.33. The molecule has 3 aromatic rings. The van der Waals surface area contributed by atoms with Crippen LogP contribution in [-0.4, -0.2) is 21.9 Å². The number of methoxy groups -OCH3 is 1. The standard InChI is InChI=1S/C15H14N4O/c1-20-15-8-14(6-7-17-15)19-10-12(9-18-19)11-2-4-13(16)5-3-11/h2-10H,16H2,1H3. The topological polar surface area (TPSA) is 66.0 Å². The molecule has 0 aliphatic rings. The highest BCUT2D eigenvalue weighted by molar-refractivity contribution is 5.64. The zero-order chi connectivity index (χ0) is 13.9. The molecule has 2 heterocycles.